The van der Waals surface area contributed by atoms with Crippen LogP contribution in [0.25, 0.3) is 0 Å². The Kier molecular flexibility index (Phi) is 4.26. The number of hydrogen-bond donors (Lipinski definition) is 1. The van der Waals surface area contributed by atoms with Crippen LogP contribution in [-0.2, 0) is 4.74 Å². The maximum atomic E-state index is 14.3. The second-order valence-electron chi connectivity index (χ2n) is 5.78. The van der Waals surface area contributed by atoms with Crippen molar-refractivity contribution in [3.05, 3.63) is 34.6 Å². The topological polar surface area (TPSA) is 35.2 Å². The van der Waals surface area contributed by atoms with Gasteiger partial charge in [-0.05, 0) is 43.9 Å². The van der Waals surface area contributed by atoms with Crippen molar-refractivity contribution < 1.29 is 9.13 Å². The van der Waals surface area contributed by atoms with Crippen LogP contribution in [0.3, 0.4) is 0 Å². The molecular formula is C16H24FNO. The third kappa shape index (κ3) is 2.67. The molecule has 1 fully saturated rings. The first-order valence-electron chi connectivity index (χ1n) is 7.07. The highest BCUT2D eigenvalue weighted by molar-refractivity contribution is 5.36. The van der Waals surface area contributed by atoms with Crippen LogP contribution < -0.4 is 5.73 Å². The van der Waals surface area contributed by atoms with Crippen molar-refractivity contribution >= 4 is 0 Å². The van der Waals surface area contributed by atoms with Crippen LogP contribution in [0.15, 0.2) is 12.1 Å². The van der Waals surface area contributed by atoms with E-state index >= 15 is 0 Å². The smallest absolute Gasteiger partial charge is 0.128 e. The van der Waals surface area contributed by atoms with E-state index in [4.69, 9.17) is 10.5 Å². The highest BCUT2D eigenvalue weighted by atomic mass is 19.1. The molecule has 2 nitrogen and oxygen atoms in total. The minimum Gasteiger partial charge on any atom is -0.376 e. The van der Waals surface area contributed by atoms with Crippen LogP contribution in [0.4, 0.5) is 4.39 Å². The Hall–Kier alpha value is -0.930. The second kappa shape index (κ2) is 5.59. The average molecular weight is 265 g/mol. The Morgan fingerprint density at radius 2 is 1.84 bits per heavy atom. The van der Waals surface area contributed by atoms with Crippen LogP contribution in [0, 0.1) is 19.7 Å². The van der Waals surface area contributed by atoms with Crippen LogP contribution in [0.1, 0.15) is 54.8 Å². The third-order valence-corrected chi connectivity index (χ3v) is 4.46. The molecule has 19 heavy (non-hydrogen) atoms. The van der Waals surface area contributed by atoms with Gasteiger partial charge in [0, 0.05) is 12.7 Å². The first kappa shape index (κ1) is 14.5. The largest absolute Gasteiger partial charge is 0.376 e. The van der Waals surface area contributed by atoms with Gasteiger partial charge >= 0.3 is 0 Å². The molecule has 106 valence electrons. The fourth-order valence-electron chi connectivity index (χ4n) is 3.38. The number of hydrogen-bond acceptors (Lipinski definition) is 2. The summed E-state index contributed by atoms with van der Waals surface area (Å²) < 4.78 is 20.0. The summed E-state index contributed by atoms with van der Waals surface area (Å²) in [5, 5.41) is 0. The lowest BCUT2D eigenvalue weighted by Gasteiger charge is -2.41. The van der Waals surface area contributed by atoms with E-state index in [0.717, 1.165) is 36.8 Å². The van der Waals surface area contributed by atoms with Gasteiger partial charge in [-0.3, -0.25) is 0 Å². The molecule has 1 atom stereocenters. The summed E-state index contributed by atoms with van der Waals surface area (Å²) in [4.78, 5) is 0. The van der Waals surface area contributed by atoms with E-state index in [1.165, 1.54) is 6.42 Å². The van der Waals surface area contributed by atoms with Gasteiger partial charge in [-0.25, -0.2) is 4.39 Å². The number of nitrogens with two attached hydrogens (primary N) is 1. The van der Waals surface area contributed by atoms with Crippen molar-refractivity contribution in [2.24, 2.45) is 5.73 Å². The number of halogens is 1. The third-order valence-electron chi connectivity index (χ3n) is 4.46. The van der Waals surface area contributed by atoms with Crippen molar-refractivity contribution in [2.45, 2.75) is 57.6 Å². The highest BCUT2D eigenvalue weighted by Crippen LogP contribution is 2.41. The van der Waals surface area contributed by atoms with Gasteiger partial charge in [-0.15, -0.1) is 0 Å². The molecule has 3 heteroatoms. The highest BCUT2D eigenvalue weighted by Gasteiger charge is 2.40. The summed E-state index contributed by atoms with van der Waals surface area (Å²) in [6.45, 7) is 3.83. The maximum Gasteiger partial charge on any atom is 0.128 e. The van der Waals surface area contributed by atoms with Crippen LogP contribution >= 0.6 is 0 Å². The van der Waals surface area contributed by atoms with Crippen LogP contribution in [0.5, 0.6) is 0 Å². The standard InChI is InChI=1S/C16H24FNO/c1-11-9-12(2)14(13(17)10-11)15(18)16(19-3)7-5-4-6-8-16/h9-10,15H,4-8,18H2,1-3H3. The van der Waals surface area contributed by atoms with E-state index in [2.05, 4.69) is 0 Å². The van der Waals surface area contributed by atoms with Crippen molar-refractivity contribution in [2.75, 3.05) is 7.11 Å². The Morgan fingerprint density at radius 3 is 2.37 bits per heavy atom. The number of aryl methyl sites for hydroxylation is 2. The lowest BCUT2D eigenvalue weighted by Crippen LogP contribution is -2.45. The van der Waals surface area contributed by atoms with E-state index in [9.17, 15) is 4.39 Å². The quantitative estimate of drug-likeness (QED) is 0.902. The molecule has 1 aliphatic rings. The Morgan fingerprint density at radius 1 is 1.21 bits per heavy atom. The molecule has 0 radical (unpaired) electrons. The summed E-state index contributed by atoms with van der Waals surface area (Å²) >= 11 is 0. The number of rotatable bonds is 3. The van der Waals surface area contributed by atoms with Crippen LogP contribution in [-0.4, -0.2) is 12.7 Å². The monoisotopic (exact) mass is 265 g/mol. The van der Waals surface area contributed by atoms with Gasteiger partial charge in [-0.2, -0.15) is 0 Å². The first-order chi connectivity index (χ1) is 9.00. The van der Waals surface area contributed by atoms with Crippen molar-refractivity contribution in [3.63, 3.8) is 0 Å². The molecule has 0 aliphatic heterocycles. The molecule has 0 aromatic heterocycles. The lowest BCUT2D eigenvalue weighted by atomic mass is 9.76. The Labute approximate surface area is 115 Å². The predicted octanol–water partition coefficient (Wildman–Crippen LogP) is 3.79. The van der Waals surface area contributed by atoms with Gasteiger partial charge in [0.15, 0.2) is 0 Å². The minimum absolute atomic E-state index is 0.202. The molecule has 2 rings (SSSR count). The van der Waals surface area contributed by atoms with Crippen molar-refractivity contribution in [3.8, 4) is 0 Å². The molecular weight excluding hydrogens is 241 g/mol. The number of methoxy groups -OCH3 is 1. The molecule has 0 amide bonds. The van der Waals surface area contributed by atoms with Gasteiger partial charge in [0.05, 0.1) is 11.6 Å². The molecule has 1 aromatic rings. The summed E-state index contributed by atoms with van der Waals surface area (Å²) in [5.41, 5.74) is 8.47. The fraction of sp³-hybridized carbons (Fsp3) is 0.625. The van der Waals surface area contributed by atoms with Crippen LogP contribution in [0.2, 0.25) is 0 Å². The molecule has 1 unspecified atom stereocenters. The molecule has 0 saturated heterocycles. The van der Waals surface area contributed by atoms with E-state index < -0.39 is 11.6 Å². The number of ether oxygens (including phenoxy) is 1. The normalized spacial score (nSPS) is 20.3. The summed E-state index contributed by atoms with van der Waals surface area (Å²) in [7, 11) is 1.70. The predicted molar refractivity (Wildman–Crippen MR) is 75.6 cm³/mol. The van der Waals surface area contributed by atoms with E-state index in [1.807, 2.05) is 19.9 Å². The molecule has 0 heterocycles. The first-order valence-corrected chi connectivity index (χ1v) is 7.07. The fourth-order valence-corrected chi connectivity index (χ4v) is 3.38. The number of benzene rings is 1. The maximum absolute atomic E-state index is 14.3. The molecule has 0 bridgehead atoms. The minimum atomic E-state index is -0.404. The van der Waals surface area contributed by atoms with E-state index in [0.29, 0.717) is 5.56 Å². The van der Waals surface area contributed by atoms with Gasteiger partial charge < -0.3 is 10.5 Å². The second-order valence-corrected chi connectivity index (χ2v) is 5.78. The van der Waals surface area contributed by atoms with Gasteiger partial charge in [-0.1, -0.05) is 25.3 Å². The average Bonchev–Trinajstić information content (AvgIpc) is 2.38. The summed E-state index contributed by atoms with van der Waals surface area (Å²) in [5.74, 6) is -0.202. The van der Waals surface area contributed by atoms with Gasteiger partial charge in [0.25, 0.3) is 0 Å². The van der Waals surface area contributed by atoms with Crippen molar-refractivity contribution in [1.29, 1.82) is 0 Å². The van der Waals surface area contributed by atoms with Crippen molar-refractivity contribution in [1.82, 2.24) is 0 Å². The zero-order chi connectivity index (χ0) is 14.0. The lowest BCUT2D eigenvalue weighted by molar-refractivity contribution is -0.0603. The summed E-state index contributed by atoms with van der Waals surface area (Å²) in [6.07, 6.45) is 5.25. The Bertz CT molecular complexity index is 429. The van der Waals surface area contributed by atoms with Gasteiger partial charge in [0.2, 0.25) is 0 Å². The Balaban J connectivity index is 2.40. The SMILES string of the molecule is COC1(C(N)c2c(C)cc(C)cc2F)CCCCC1. The zero-order valence-electron chi connectivity index (χ0n) is 12.1. The zero-order valence-corrected chi connectivity index (χ0v) is 12.1. The molecule has 1 aromatic carbocycles. The molecule has 2 N–H and O–H groups in total. The van der Waals surface area contributed by atoms with E-state index in [-0.39, 0.29) is 5.82 Å². The molecule has 1 saturated carbocycles. The summed E-state index contributed by atoms with van der Waals surface area (Å²) in [6, 6.07) is 3.16. The van der Waals surface area contributed by atoms with Gasteiger partial charge in [0.1, 0.15) is 5.82 Å². The van der Waals surface area contributed by atoms with E-state index in [1.54, 1.807) is 13.2 Å². The molecule has 1 aliphatic carbocycles. The molecule has 0 spiro atoms.